The molecule has 0 unspecified atom stereocenters. The summed E-state index contributed by atoms with van der Waals surface area (Å²) in [4.78, 5) is 28.4. The number of halogens is 2. The van der Waals surface area contributed by atoms with E-state index in [0.29, 0.717) is 21.5 Å². The number of amides is 2. The summed E-state index contributed by atoms with van der Waals surface area (Å²) in [6, 6.07) is 4.02. The van der Waals surface area contributed by atoms with E-state index in [-0.39, 0.29) is 18.3 Å². The van der Waals surface area contributed by atoms with Gasteiger partial charge in [-0.25, -0.2) is 0 Å². The standard InChI is InChI=1S/C16H18BrN3O2S2.ClH/c1-8(2)20-6-5-9-11(7-20)24-16(13(9)14(18)21)19-15(22)10-3-4-12(17)23-10;/h3-4,8H,5-7H2,1-2H3,(H2,18,21)(H,19,22);1H. The van der Waals surface area contributed by atoms with E-state index in [2.05, 4.69) is 40.0 Å². The molecule has 136 valence electrons. The SMILES string of the molecule is CC(C)N1CCc2c(sc(NC(=O)c3ccc(Br)s3)c2C(N)=O)C1.Cl. The second-order valence-corrected chi connectivity index (χ2v) is 9.51. The molecule has 5 nitrogen and oxygen atoms in total. The first-order valence-electron chi connectivity index (χ1n) is 7.62. The van der Waals surface area contributed by atoms with Gasteiger partial charge in [-0.05, 0) is 53.9 Å². The van der Waals surface area contributed by atoms with Crippen molar-refractivity contribution < 1.29 is 9.59 Å². The number of nitrogens with zero attached hydrogens (tertiary/aromatic N) is 1. The van der Waals surface area contributed by atoms with E-state index in [9.17, 15) is 9.59 Å². The molecule has 0 bridgehead atoms. The Labute approximate surface area is 169 Å². The number of thiophene rings is 2. The number of nitrogens with two attached hydrogens (primary N) is 1. The van der Waals surface area contributed by atoms with Gasteiger partial charge in [0.05, 0.1) is 14.2 Å². The molecule has 0 aromatic carbocycles. The second kappa shape index (κ2) is 8.18. The van der Waals surface area contributed by atoms with Gasteiger partial charge in [0.15, 0.2) is 0 Å². The minimum Gasteiger partial charge on any atom is -0.365 e. The molecule has 3 rings (SSSR count). The molecule has 2 amide bonds. The molecule has 0 radical (unpaired) electrons. The number of hydrogen-bond acceptors (Lipinski definition) is 5. The summed E-state index contributed by atoms with van der Waals surface area (Å²) in [5, 5.41) is 3.44. The van der Waals surface area contributed by atoms with Crippen molar-refractivity contribution >= 4 is 67.8 Å². The number of hydrogen-bond donors (Lipinski definition) is 2. The summed E-state index contributed by atoms with van der Waals surface area (Å²) in [5.41, 5.74) is 7.06. The van der Waals surface area contributed by atoms with Crippen LogP contribution in [-0.2, 0) is 13.0 Å². The Morgan fingerprint density at radius 3 is 2.60 bits per heavy atom. The van der Waals surface area contributed by atoms with Gasteiger partial charge in [0.1, 0.15) is 5.00 Å². The average molecular weight is 465 g/mol. The van der Waals surface area contributed by atoms with E-state index >= 15 is 0 Å². The van der Waals surface area contributed by atoms with Gasteiger partial charge in [-0.3, -0.25) is 14.5 Å². The number of anilines is 1. The van der Waals surface area contributed by atoms with E-state index < -0.39 is 5.91 Å². The lowest BCUT2D eigenvalue weighted by molar-refractivity contribution is 0.0999. The summed E-state index contributed by atoms with van der Waals surface area (Å²) in [6.07, 6.45) is 0.780. The molecule has 0 saturated heterocycles. The van der Waals surface area contributed by atoms with Gasteiger partial charge in [0.25, 0.3) is 11.8 Å². The fraction of sp³-hybridized carbons (Fsp3) is 0.375. The number of carbonyl (C=O) groups is 2. The van der Waals surface area contributed by atoms with Crippen molar-refractivity contribution in [1.29, 1.82) is 0 Å². The molecule has 3 heterocycles. The van der Waals surface area contributed by atoms with Crippen molar-refractivity contribution in [3.63, 3.8) is 0 Å². The van der Waals surface area contributed by atoms with Crippen LogP contribution in [0.1, 0.15) is 44.3 Å². The number of carbonyl (C=O) groups excluding carboxylic acids is 2. The van der Waals surface area contributed by atoms with Gasteiger partial charge in [0, 0.05) is 24.0 Å². The highest BCUT2D eigenvalue weighted by Gasteiger charge is 2.28. The van der Waals surface area contributed by atoms with Crippen LogP contribution in [0.25, 0.3) is 0 Å². The monoisotopic (exact) mass is 463 g/mol. The quantitative estimate of drug-likeness (QED) is 0.715. The first-order valence-corrected chi connectivity index (χ1v) is 10.0. The van der Waals surface area contributed by atoms with Gasteiger partial charge in [-0.2, -0.15) is 0 Å². The zero-order valence-corrected chi connectivity index (χ0v) is 17.8. The van der Waals surface area contributed by atoms with E-state index in [1.807, 2.05) is 6.07 Å². The summed E-state index contributed by atoms with van der Waals surface area (Å²) >= 11 is 6.16. The summed E-state index contributed by atoms with van der Waals surface area (Å²) < 4.78 is 0.890. The van der Waals surface area contributed by atoms with E-state index in [0.717, 1.165) is 33.7 Å². The molecule has 0 atom stereocenters. The van der Waals surface area contributed by atoms with E-state index in [1.165, 1.54) is 22.7 Å². The second-order valence-electron chi connectivity index (χ2n) is 5.94. The Morgan fingerprint density at radius 1 is 1.32 bits per heavy atom. The van der Waals surface area contributed by atoms with Crippen LogP contribution in [0.5, 0.6) is 0 Å². The third kappa shape index (κ3) is 4.25. The molecule has 1 aliphatic rings. The Morgan fingerprint density at radius 2 is 2.04 bits per heavy atom. The molecular weight excluding hydrogens is 446 g/mol. The third-order valence-corrected chi connectivity index (χ3v) is 6.84. The Hall–Kier alpha value is -0.930. The average Bonchev–Trinajstić information content (AvgIpc) is 3.09. The maximum absolute atomic E-state index is 12.4. The summed E-state index contributed by atoms with van der Waals surface area (Å²) in [7, 11) is 0. The smallest absolute Gasteiger partial charge is 0.266 e. The predicted molar refractivity (Wildman–Crippen MR) is 109 cm³/mol. The molecule has 0 saturated carbocycles. The topological polar surface area (TPSA) is 75.4 Å². The summed E-state index contributed by atoms with van der Waals surface area (Å²) in [5.74, 6) is -0.694. The lowest BCUT2D eigenvalue weighted by Crippen LogP contribution is -2.35. The van der Waals surface area contributed by atoms with Crippen LogP contribution in [0.15, 0.2) is 15.9 Å². The molecule has 9 heteroatoms. The van der Waals surface area contributed by atoms with E-state index in [1.54, 1.807) is 6.07 Å². The molecule has 0 aliphatic carbocycles. The number of fused-ring (bicyclic) bond motifs is 1. The van der Waals surface area contributed by atoms with Crippen molar-refractivity contribution in [2.24, 2.45) is 5.73 Å². The van der Waals surface area contributed by atoms with Gasteiger partial charge in [-0.1, -0.05) is 0 Å². The van der Waals surface area contributed by atoms with Crippen LogP contribution in [0.2, 0.25) is 0 Å². The third-order valence-electron chi connectivity index (χ3n) is 4.09. The highest BCUT2D eigenvalue weighted by atomic mass is 79.9. The van der Waals surface area contributed by atoms with Crippen molar-refractivity contribution in [3.8, 4) is 0 Å². The van der Waals surface area contributed by atoms with Crippen LogP contribution in [0, 0.1) is 0 Å². The molecule has 2 aromatic heterocycles. The highest BCUT2D eigenvalue weighted by Crippen LogP contribution is 2.37. The maximum Gasteiger partial charge on any atom is 0.266 e. The first-order chi connectivity index (χ1) is 11.4. The Bertz CT molecular complexity index is 803. The van der Waals surface area contributed by atoms with Gasteiger partial charge in [-0.15, -0.1) is 35.1 Å². The molecule has 0 spiro atoms. The van der Waals surface area contributed by atoms with Gasteiger partial charge in [0.2, 0.25) is 0 Å². The zero-order chi connectivity index (χ0) is 17.4. The fourth-order valence-electron chi connectivity index (χ4n) is 2.81. The van der Waals surface area contributed by atoms with Crippen LogP contribution < -0.4 is 11.1 Å². The van der Waals surface area contributed by atoms with Crippen molar-refractivity contribution in [3.05, 3.63) is 36.8 Å². The minimum absolute atomic E-state index is 0. The highest BCUT2D eigenvalue weighted by molar-refractivity contribution is 9.11. The number of rotatable bonds is 4. The number of primary amides is 1. The van der Waals surface area contributed by atoms with Crippen LogP contribution in [-0.4, -0.2) is 29.3 Å². The number of nitrogens with one attached hydrogen (secondary N) is 1. The van der Waals surface area contributed by atoms with Gasteiger partial charge >= 0.3 is 0 Å². The van der Waals surface area contributed by atoms with Crippen LogP contribution in [0.3, 0.4) is 0 Å². The first kappa shape index (κ1) is 20.4. The molecule has 1 aliphatic heterocycles. The molecular formula is C16H19BrClN3O2S2. The predicted octanol–water partition coefficient (Wildman–Crippen LogP) is 4.11. The van der Waals surface area contributed by atoms with Gasteiger partial charge < -0.3 is 11.1 Å². The summed E-state index contributed by atoms with van der Waals surface area (Å²) in [6.45, 7) is 6.00. The van der Waals surface area contributed by atoms with Crippen molar-refractivity contribution in [2.75, 3.05) is 11.9 Å². The van der Waals surface area contributed by atoms with Crippen LogP contribution in [0.4, 0.5) is 5.00 Å². The van der Waals surface area contributed by atoms with E-state index in [4.69, 9.17) is 5.73 Å². The van der Waals surface area contributed by atoms with Crippen LogP contribution >= 0.6 is 51.0 Å². The van der Waals surface area contributed by atoms with Crippen molar-refractivity contribution in [2.45, 2.75) is 32.9 Å². The largest absolute Gasteiger partial charge is 0.365 e. The zero-order valence-electron chi connectivity index (χ0n) is 13.8. The fourth-order valence-corrected chi connectivity index (χ4v) is 5.37. The molecule has 25 heavy (non-hydrogen) atoms. The lowest BCUT2D eigenvalue weighted by atomic mass is 10.0. The maximum atomic E-state index is 12.4. The minimum atomic E-state index is -0.479. The van der Waals surface area contributed by atoms with Crippen molar-refractivity contribution in [1.82, 2.24) is 4.90 Å². The Kier molecular flexibility index (Phi) is 6.67. The molecule has 0 fully saturated rings. The Balaban J connectivity index is 0.00000225. The molecule has 3 N–H and O–H groups in total. The molecule has 2 aromatic rings. The normalized spacial score (nSPS) is 14.1. The lowest BCUT2D eigenvalue weighted by Gasteiger charge is -2.30.